The highest BCUT2D eigenvalue weighted by Crippen LogP contribution is 2.23. The zero-order chi connectivity index (χ0) is 14.5. The van der Waals surface area contributed by atoms with Crippen molar-refractivity contribution < 1.29 is 4.74 Å². The molecule has 2 aromatic rings. The second-order valence-corrected chi connectivity index (χ2v) is 4.59. The molecule has 0 saturated carbocycles. The van der Waals surface area contributed by atoms with E-state index in [2.05, 4.69) is 0 Å². The van der Waals surface area contributed by atoms with Crippen LogP contribution in [0.5, 0.6) is 5.75 Å². The van der Waals surface area contributed by atoms with E-state index in [1.54, 1.807) is 10.6 Å². The summed E-state index contributed by atoms with van der Waals surface area (Å²) in [5, 5.41) is 0. The first-order chi connectivity index (χ1) is 9.67. The molecule has 0 saturated heterocycles. The number of aromatic nitrogens is 1. The summed E-state index contributed by atoms with van der Waals surface area (Å²) in [6, 6.07) is 11.3. The largest absolute Gasteiger partial charge is 0.494 e. The molecule has 4 nitrogen and oxygen atoms in total. The third kappa shape index (κ3) is 2.85. The molecule has 0 spiro atoms. The van der Waals surface area contributed by atoms with Gasteiger partial charge in [-0.25, -0.2) is 0 Å². The maximum absolute atomic E-state index is 12.2. The summed E-state index contributed by atoms with van der Waals surface area (Å²) < 4.78 is 7.23. The van der Waals surface area contributed by atoms with Crippen LogP contribution in [0.2, 0.25) is 0 Å². The van der Waals surface area contributed by atoms with E-state index in [4.69, 9.17) is 10.5 Å². The summed E-state index contributed by atoms with van der Waals surface area (Å²) in [6.07, 6.45) is 0.876. The second-order valence-electron chi connectivity index (χ2n) is 4.59. The molecule has 106 valence electrons. The number of anilines is 1. The molecule has 1 aromatic heterocycles. The highest BCUT2D eigenvalue weighted by Gasteiger charge is 2.09. The van der Waals surface area contributed by atoms with E-state index in [0.29, 0.717) is 13.2 Å². The fraction of sp³-hybridized carbons (Fsp3) is 0.312. The normalized spacial score (nSPS) is 10.5. The minimum Gasteiger partial charge on any atom is -0.494 e. The number of pyridine rings is 1. The van der Waals surface area contributed by atoms with Crippen molar-refractivity contribution in [2.24, 2.45) is 0 Å². The molecule has 1 heterocycles. The molecule has 0 radical (unpaired) electrons. The Morgan fingerprint density at radius 1 is 1.20 bits per heavy atom. The Morgan fingerprint density at radius 2 is 2.00 bits per heavy atom. The highest BCUT2D eigenvalue weighted by molar-refractivity contribution is 5.63. The van der Waals surface area contributed by atoms with Gasteiger partial charge in [0.25, 0.3) is 5.56 Å². The van der Waals surface area contributed by atoms with Gasteiger partial charge in [-0.1, -0.05) is 19.1 Å². The van der Waals surface area contributed by atoms with Crippen LogP contribution in [0.4, 0.5) is 5.69 Å². The van der Waals surface area contributed by atoms with Crippen LogP contribution in [0.1, 0.15) is 20.3 Å². The fourth-order valence-electron chi connectivity index (χ4n) is 2.20. The van der Waals surface area contributed by atoms with Crippen LogP contribution in [0.15, 0.2) is 41.2 Å². The van der Waals surface area contributed by atoms with E-state index in [1.165, 1.54) is 0 Å². The number of ether oxygens (including phenoxy) is 1. The van der Waals surface area contributed by atoms with E-state index in [1.807, 2.05) is 44.2 Å². The van der Waals surface area contributed by atoms with Crippen LogP contribution < -0.4 is 16.0 Å². The molecule has 2 N–H and O–H groups in total. The first kappa shape index (κ1) is 14.2. The molecule has 0 aliphatic rings. The van der Waals surface area contributed by atoms with Crippen molar-refractivity contribution in [3.8, 4) is 17.0 Å². The smallest absolute Gasteiger partial charge is 0.274 e. The Labute approximate surface area is 118 Å². The van der Waals surface area contributed by atoms with Gasteiger partial charge >= 0.3 is 0 Å². The van der Waals surface area contributed by atoms with Gasteiger partial charge in [-0.3, -0.25) is 4.79 Å². The predicted octanol–water partition coefficient (Wildman–Crippen LogP) is 2.91. The van der Waals surface area contributed by atoms with Crippen molar-refractivity contribution >= 4 is 5.69 Å². The summed E-state index contributed by atoms with van der Waals surface area (Å²) in [5.74, 6) is 0.803. The van der Waals surface area contributed by atoms with Gasteiger partial charge in [0.15, 0.2) is 0 Å². The molecule has 2 rings (SSSR count). The van der Waals surface area contributed by atoms with Crippen LogP contribution in [-0.2, 0) is 6.54 Å². The first-order valence-electron chi connectivity index (χ1n) is 6.90. The van der Waals surface area contributed by atoms with Crippen molar-refractivity contribution in [1.29, 1.82) is 0 Å². The lowest BCUT2D eigenvalue weighted by Gasteiger charge is -2.14. The molecule has 1 aromatic carbocycles. The van der Waals surface area contributed by atoms with Crippen LogP contribution in [0, 0.1) is 0 Å². The van der Waals surface area contributed by atoms with Gasteiger partial charge in [0.2, 0.25) is 0 Å². The zero-order valence-electron chi connectivity index (χ0n) is 11.9. The predicted molar refractivity (Wildman–Crippen MR) is 82.0 cm³/mol. The van der Waals surface area contributed by atoms with Gasteiger partial charge in [0, 0.05) is 12.1 Å². The van der Waals surface area contributed by atoms with Gasteiger partial charge < -0.3 is 15.0 Å². The average molecular weight is 272 g/mol. The highest BCUT2D eigenvalue weighted by atomic mass is 16.5. The average Bonchev–Trinajstić information content (AvgIpc) is 2.45. The standard InChI is InChI=1S/C16H20N2O2/c1-3-10-18-15(9-8-14(17)16(18)19)12-6-5-7-13(11-12)20-4-2/h5-9,11H,3-4,10,17H2,1-2H3. The Morgan fingerprint density at radius 3 is 2.70 bits per heavy atom. The van der Waals surface area contributed by atoms with E-state index >= 15 is 0 Å². The summed E-state index contributed by atoms with van der Waals surface area (Å²) in [4.78, 5) is 12.2. The quantitative estimate of drug-likeness (QED) is 0.910. The van der Waals surface area contributed by atoms with Gasteiger partial charge in [0.1, 0.15) is 5.75 Å². The molecule has 4 heteroatoms. The Hall–Kier alpha value is -2.23. The number of benzene rings is 1. The Balaban J connectivity index is 2.54. The molecule has 0 aliphatic heterocycles. The van der Waals surface area contributed by atoms with Crippen molar-refractivity contribution in [3.05, 3.63) is 46.8 Å². The Kier molecular flexibility index (Phi) is 4.45. The summed E-state index contributed by atoms with van der Waals surface area (Å²) in [7, 11) is 0. The molecular weight excluding hydrogens is 252 g/mol. The molecular formula is C16H20N2O2. The first-order valence-corrected chi connectivity index (χ1v) is 6.90. The van der Waals surface area contributed by atoms with E-state index < -0.39 is 0 Å². The number of hydrogen-bond donors (Lipinski definition) is 1. The van der Waals surface area contributed by atoms with Crippen LogP contribution in [0.25, 0.3) is 11.3 Å². The van der Waals surface area contributed by atoms with Crippen LogP contribution in [0.3, 0.4) is 0 Å². The lowest BCUT2D eigenvalue weighted by molar-refractivity contribution is 0.340. The molecule has 0 atom stereocenters. The van der Waals surface area contributed by atoms with Gasteiger partial charge in [0.05, 0.1) is 18.0 Å². The number of nitrogens with two attached hydrogens (primary N) is 1. The number of nitrogens with zero attached hydrogens (tertiary/aromatic N) is 1. The van der Waals surface area contributed by atoms with Crippen molar-refractivity contribution in [2.75, 3.05) is 12.3 Å². The van der Waals surface area contributed by atoms with E-state index in [0.717, 1.165) is 23.4 Å². The molecule has 0 bridgehead atoms. The van der Waals surface area contributed by atoms with Crippen LogP contribution >= 0.6 is 0 Å². The maximum Gasteiger partial charge on any atom is 0.274 e. The minimum absolute atomic E-state index is 0.133. The third-order valence-electron chi connectivity index (χ3n) is 3.09. The number of rotatable bonds is 5. The molecule has 0 amide bonds. The second kappa shape index (κ2) is 6.28. The lowest BCUT2D eigenvalue weighted by atomic mass is 10.1. The summed E-state index contributed by atoms with van der Waals surface area (Å²) >= 11 is 0. The van der Waals surface area contributed by atoms with E-state index in [-0.39, 0.29) is 11.2 Å². The molecule has 20 heavy (non-hydrogen) atoms. The van der Waals surface area contributed by atoms with Gasteiger partial charge in [-0.15, -0.1) is 0 Å². The molecule has 0 aliphatic carbocycles. The van der Waals surface area contributed by atoms with Crippen molar-refractivity contribution in [1.82, 2.24) is 4.57 Å². The van der Waals surface area contributed by atoms with Gasteiger partial charge in [-0.05, 0) is 37.6 Å². The molecule has 0 unspecified atom stereocenters. The summed E-state index contributed by atoms with van der Waals surface area (Å²) in [6.45, 7) is 5.25. The topological polar surface area (TPSA) is 57.2 Å². The summed E-state index contributed by atoms with van der Waals surface area (Å²) in [5.41, 5.74) is 7.69. The van der Waals surface area contributed by atoms with Crippen LogP contribution in [-0.4, -0.2) is 11.2 Å². The maximum atomic E-state index is 12.2. The van der Waals surface area contributed by atoms with Crippen molar-refractivity contribution in [2.45, 2.75) is 26.8 Å². The number of nitrogen functional groups attached to an aromatic ring is 1. The zero-order valence-corrected chi connectivity index (χ0v) is 11.9. The third-order valence-corrected chi connectivity index (χ3v) is 3.09. The van der Waals surface area contributed by atoms with E-state index in [9.17, 15) is 4.79 Å². The monoisotopic (exact) mass is 272 g/mol. The van der Waals surface area contributed by atoms with Crippen molar-refractivity contribution in [3.63, 3.8) is 0 Å². The molecule has 0 fully saturated rings. The Bertz CT molecular complexity index is 647. The van der Waals surface area contributed by atoms with Gasteiger partial charge in [-0.2, -0.15) is 0 Å². The SMILES string of the molecule is CCCn1c(-c2cccc(OCC)c2)ccc(N)c1=O. The fourth-order valence-corrected chi connectivity index (χ4v) is 2.20. The number of hydrogen-bond acceptors (Lipinski definition) is 3. The lowest BCUT2D eigenvalue weighted by Crippen LogP contribution is -2.24. The minimum atomic E-state index is -0.133.